The normalized spacial score (nSPS) is 15.7. The van der Waals surface area contributed by atoms with Crippen LogP contribution in [0, 0.1) is 0 Å². The fourth-order valence-electron chi connectivity index (χ4n) is 3.14. The first-order valence-electron chi connectivity index (χ1n) is 8.45. The number of anilines is 2. The molecular formula is C18H30N2. The van der Waals surface area contributed by atoms with Crippen LogP contribution in [-0.4, -0.2) is 19.1 Å². The Balaban J connectivity index is 1.92. The van der Waals surface area contributed by atoms with Crippen molar-refractivity contribution in [2.75, 3.05) is 23.3 Å². The number of benzene rings is 1. The van der Waals surface area contributed by atoms with Gasteiger partial charge in [0.1, 0.15) is 0 Å². The second-order valence-electron chi connectivity index (χ2n) is 6.01. The van der Waals surface area contributed by atoms with Gasteiger partial charge in [0, 0.05) is 30.5 Å². The van der Waals surface area contributed by atoms with E-state index in [4.69, 9.17) is 0 Å². The van der Waals surface area contributed by atoms with Crippen LogP contribution in [0.1, 0.15) is 58.8 Å². The third kappa shape index (κ3) is 4.43. The topological polar surface area (TPSA) is 15.3 Å². The standard InChI is InChI=1S/C18H30N2/c1-3-8-16(9-4-2)19-17-10-12-18(13-11-17)20-14-6-5-7-15-20/h10-13,16,19H,3-9,14-15H2,1-2H3. The zero-order chi connectivity index (χ0) is 14.2. The van der Waals surface area contributed by atoms with Crippen molar-refractivity contribution in [1.82, 2.24) is 0 Å². The van der Waals surface area contributed by atoms with Gasteiger partial charge < -0.3 is 10.2 Å². The van der Waals surface area contributed by atoms with Crippen molar-refractivity contribution in [3.05, 3.63) is 24.3 Å². The minimum Gasteiger partial charge on any atom is -0.382 e. The van der Waals surface area contributed by atoms with Gasteiger partial charge in [-0.3, -0.25) is 0 Å². The number of nitrogens with zero attached hydrogens (tertiary/aromatic N) is 1. The summed E-state index contributed by atoms with van der Waals surface area (Å²) < 4.78 is 0. The summed E-state index contributed by atoms with van der Waals surface area (Å²) in [4.78, 5) is 2.52. The molecule has 112 valence electrons. The maximum atomic E-state index is 3.69. The van der Waals surface area contributed by atoms with Crippen molar-refractivity contribution in [3.8, 4) is 0 Å². The molecule has 1 aromatic rings. The van der Waals surface area contributed by atoms with E-state index in [1.807, 2.05) is 0 Å². The zero-order valence-electron chi connectivity index (χ0n) is 13.2. The first-order chi connectivity index (χ1) is 9.83. The summed E-state index contributed by atoms with van der Waals surface area (Å²) in [6.45, 7) is 6.98. The molecule has 1 fully saturated rings. The van der Waals surface area contributed by atoms with E-state index in [2.05, 4.69) is 48.3 Å². The van der Waals surface area contributed by atoms with E-state index in [0.29, 0.717) is 6.04 Å². The molecule has 20 heavy (non-hydrogen) atoms. The summed E-state index contributed by atoms with van der Waals surface area (Å²) in [6.07, 6.45) is 9.12. The van der Waals surface area contributed by atoms with Crippen molar-refractivity contribution >= 4 is 11.4 Å². The Labute approximate surface area is 124 Å². The van der Waals surface area contributed by atoms with Gasteiger partial charge in [-0.2, -0.15) is 0 Å². The van der Waals surface area contributed by atoms with E-state index in [9.17, 15) is 0 Å². The van der Waals surface area contributed by atoms with Crippen LogP contribution in [-0.2, 0) is 0 Å². The summed E-state index contributed by atoms with van der Waals surface area (Å²) in [5, 5.41) is 3.69. The smallest absolute Gasteiger partial charge is 0.0367 e. The van der Waals surface area contributed by atoms with E-state index in [-0.39, 0.29) is 0 Å². The fourth-order valence-corrected chi connectivity index (χ4v) is 3.14. The van der Waals surface area contributed by atoms with Gasteiger partial charge in [-0.25, -0.2) is 0 Å². The van der Waals surface area contributed by atoms with Crippen molar-refractivity contribution in [3.63, 3.8) is 0 Å². The van der Waals surface area contributed by atoms with Gasteiger partial charge in [-0.1, -0.05) is 26.7 Å². The van der Waals surface area contributed by atoms with Gasteiger partial charge in [-0.15, -0.1) is 0 Å². The Morgan fingerprint density at radius 1 is 0.950 bits per heavy atom. The second-order valence-corrected chi connectivity index (χ2v) is 6.01. The summed E-state index contributed by atoms with van der Waals surface area (Å²) in [5.74, 6) is 0. The summed E-state index contributed by atoms with van der Waals surface area (Å²) in [7, 11) is 0. The van der Waals surface area contributed by atoms with Crippen molar-refractivity contribution in [1.29, 1.82) is 0 Å². The van der Waals surface area contributed by atoms with Crippen molar-refractivity contribution in [2.45, 2.75) is 64.8 Å². The number of piperidine rings is 1. The van der Waals surface area contributed by atoms with Crippen LogP contribution in [0.5, 0.6) is 0 Å². The molecule has 0 spiro atoms. The molecule has 1 saturated heterocycles. The molecule has 2 heteroatoms. The largest absolute Gasteiger partial charge is 0.382 e. The van der Waals surface area contributed by atoms with Gasteiger partial charge in [0.15, 0.2) is 0 Å². The molecule has 2 rings (SSSR count). The lowest BCUT2D eigenvalue weighted by atomic mass is 10.1. The van der Waals surface area contributed by atoms with Crippen molar-refractivity contribution < 1.29 is 0 Å². The van der Waals surface area contributed by atoms with Crippen LogP contribution >= 0.6 is 0 Å². The molecule has 0 unspecified atom stereocenters. The van der Waals surface area contributed by atoms with E-state index < -0.39 is 0 Å². The third-order valence-corrected chi connectivity index (χ3v) is 4.23. The van der Waals surface area contributed by atoms with E-state index >= 15 is 0 Å². The molecule has 0 atom stereocenters. The Morgan fingerprint density at radius 2 is 1.55 bits per heavy atom. The molecule has 0 radical (unpaired) electrons. The highest BCUT2D eigenvalue weighted by Gasteiger charge is 2.11. The second kappa shape index (κ2) is 8.18. The Kier molecular flexibility index (Phi) is 6.23. The predicted molar refractivity (Wildman–Crippen MR) is 89.7 cm³/mol. The van der Waals surface area contributed by atoms with Crippen LogP contribution in [0.15, 0.2) is 24.3 Å². The highest BCUT2D eigenvalue weighted by Crippen LogP contribution is 2.23. The number of nitrogens with one attached hydrogen (secondary N) is 1. The first kappa shape index (κ1) is 15.2. The third-order valence-electron chi connectivity index (χ3n) is 4.23. The van der Waals surface area contributed by atoms with Crippen LogP contribution in [0.25, 0.3) is 0 Å². The fraction of sp³-hybridized carbons (Fsp3) is 0.667. The maximum Gasteiger partial charge on any atom is 0.0367 e. The number of hydrogen-bond donors (Lipinski definition) is 1. The summed E-state index contributed by atoms with van der Waals surface area (Å²) >= 11 is 0. The molecule has 0 saturated carbocycles. The lowest BCUT2D eigenvalue weighted by molar-refractivity contribution is 0.577. The van der Waals surface area contributed by atoms with Crippen LogP contribution in [0.4, 0.5) is 11.4 Å². The highest BCUT2D eigenvalue weighted by atomic mass is 15.1. The van der Waals surface area contributed by atoms with E-state index in [1.54, 1.807) is 0 Å². The molecule has 0 aliphatic carbocycles. The number of rotatable bonds is 7. The molecule has 1 aromatic carbocycles. The zero-order valence-corrected chi connectivity index (χ0v) is 13.2. The minimum atomic E-state index is 0.630. The van der Waals surface area contributed by atoms with Crippen LogP contribution < -0.4 is 10.2 Å². The average molecular weight is 274 g/mol. The Bertz CT molecular complexity index is 360. The SMILES string of the molecule is CCCC(CCC)Nc1ccc(N2CCCCC2)cc1. The molecule has 1 heterocycles. The van der Waals surface area contributed by atoms with E-state index in [1.165, 1.54) is 69.4 Å². The van der Waals surface area contributed by atoms with Crippen molar-refractivity contribution in [2.24, 2.45) is 0 Å². The molecule has 1 aliphatic rings. The molecule has 1 N–H and O–H groups in total. The molecule has 0 bridgehead atoms. The molecule has 0 aromatic heterocycles. The average Bonchev–Trinajstić information content (AvgIpc) is 2.49. The Morgan fingerprint density at radius 3 is 2.10 bits per heavy atom. The Hall–Kier alpha value is -1.18. The lowest BCUT2D eigenvalue weighted by Crippen LogP contribution is -2.29. The molecule has 1 aliphatic heterocycles. The number of hydrogen-bond acceptors (Lipinski definition) is 2. The summed E-state index contributed by atoms with van der Waals surface area (Å²) in [6, 6.07) is 9.70. The maximum absolute atomic E-state index is 3.69. The molecule has 0 amide bonds. The predicted octanol–water partition coefficient (Wildman–Crippen LogP) is 5.06. The van der Waals surface area contributed by atoms with Gasteiger partial charge >= 0.3 is 0 Å². The quantitative estimate of drug-likeness (QED) is 0.748. The highest BCUT2D eigenvalue weighted by molar-refractivity contribution is 5.55. The van der Waals surface area contributed by atoms with Crippen LogP contribution in [0.2, 0.25) is 0 Å². The lowest BCUT2D eigenvalue weighted by Gasteiger charge is -2.29. The first-order valence-corrected chi connectivity index (χ1v) is 8.45. The van der Waals surface area contributed by atoms with Gasteiger partial charge in [0.2, 0.25) is 0 Å². The van der Waals surface area contributed by atoms with Gasteiger partial charge in [0.05, 0.1) is 0 Å². The van der Waals surface area contributed by atoms with Gasteiger partial charge in [-0.05, 0) is 56.4 Å². The van der Waals surface area contributed by atoms with Gasteiger partial charge in [0.25, 0.3) is 0 Å². The summed E-state index contributed by atoms with van der Waals surface area (Å²) in [5.41, 5.74) is 2.66. The monoisotopic (exact) mass is 274 g/mol. The molecule has 2 nitrogen and oxygen atoms in total. The van der Waals surface area contributed by atoms with Crippen LogP contribution in [0.3, 0.4) is 0 Å². The van der Waals surface area contributed by atoms with E-state index in [0.717, 1.165) is 0 Å². The minimum absolute atomic E-state index is 0.630. The molecular weight excluding hydrogens is 244 g/mol.